The Balaban J connectivity index is 1.45. The molecule has 0 saturated carbocycles. The number of hydrogen-bond acceptors (Lipinski definition) is 5. The first-order chi connectivity index (χ1) is 15.0. The van der Waals surface area contributed by atoms with Crippen LogP contribution in [0, 0.1) is 6.92 Å². The van der Waals surface area contributed by atoms with Gasteiger partial charge in [0.05, 0.1) is 6.20 Å². The molecule has 1 amide bonds. The third-order valence-corrected chi connectivity index (χ3v) is 7.18. The van der Waals surface area contributed by atoms with E-state index in [0.717, 1.165) is 62.5 Å². The van der Waals surface area contributed by atoms with Crippen molar-refractivity contribution in [2.45, 2.75) is 45.6 Å². The highest BCUT2D eigenvalue weighted by Gasteiger charge is 2.21. The second-order valence-corrected chi connectivity index (χ2v) is 9.69. The largest absolute Gasteiger partial charge is 0.361 e. The number of H-pyrrole nitrogens is 1. The summed E-state index contributed by atoms with van der Waals surface area (Å²) in [6.45, 7) is 8.30. The summed E-state index contributed by atoms with van der Waals surface area (Å²) in [4.78, 5) is 26.3. The minimum Gasteiger partial charge on any atom is -0.361 e. The molecule has 0 bridgehead atoms. The topological polar surface area (TPSA) is 64.3 Å². The number of benzene rings is 1. The van der Waals surface area contributed by atoms with Crippen LogP contribution in [0.1, 0.15) is 47.0 Å². The normalized spacial score (nSPS) is 16.0. The van der Waals surface area contributed by atoms with E-state index >= 15 is 0 Å². The quantitative estimate of drug-likeness (QED) is 0.552. The Labute approximate surface area is 188 Å². The number of likely N-dealkylation sites (N-methyl/N-ethyl adjacent to an activating group) is 1. The Bertz CT molecular complexity index is 1020. The molecule has 7 heteroatoms. The number of hydrogen-bond donors (Lipinski definition) is 2. The van der Waals surface area contributed by atoms with E-state index in [2.05, 4.69) is 70.4 Å². The average molecular weight is 440 g/mol. The van der Waals surface area contributed by atoms with E-state index in [1.54, 1.807) is 6.20 Å². The second kappa shape index (κ2) is 9.83. The first kappa shape index (κ1) is 21.8. The van der Waals surface area contributed by atoms with E-state index in [1.165, 1.54) is 27.8 Å². The number of thiazole rings is 1. The number of aromatic nitrogens is 2. The lowest BCUT2D eigenvalue weighted by atomic mass is 9.99. The van der Waals surface area contributed by atoms with Crippen LogP contribution in [0.25, 0.3) is 10.9 Å². The third-order valence-electron chi connectivity index (χ3n) is 6.12. The Kier molecular flexibility index (Phi) is 6.92. The van der Waals surface area contributed by atoms with Crippen LogP contribution in [-0.2, 0) is 6.42 Å². The third kappa shape index (κ3) is 5.28. The number of nitrogens with zero attached hydrogens (tertiary/aromatic N) is 3. The highest BCUT2D eigenvalue weighted by atomic mass is 32.1. The molecule has 31 heavy (non-hydrogen) atoms. The number of aryl methyl sites for hydroxylation is 1. The van der Waals surface area contributed by atoms with Gasteiger partial charge in [-0.15, -0.1) is 0 Å². The van der Waals surface area contributed by atoms with Gasteiger partial charge < -0.3 is 20.1 Å². The van der Waals surface area contributed by atoms with Gasteiger partial charge in [-0.2, -0.15) is 0 Å². The maximum atomic E-state index is 13.0. The Morgan fingerprint density at radius 3 is 2.87 bits per heavy atom. The molecule has 6 nitrogen and oxygen atoms in total. The van der Waals surface area contributed by atoms with Gasteiger partial charge in [-0.25, -0.2) is 4.98 Å². The van der Waals surface area contributed by atoms with E-state index in [4.69, 9.17) is 0 Å². The summed E-state index contributed by atoms with van der Waals surface area (Å²) in [6, 6.07) is 6.60. The van der Waals surface area contributed by atoms with Crippen molar-refractivity contribution >= 4 is 33.3 Å². The highest BCUT2D eigenvalue weighted by molar-refractivity contribution is 7.17. The van der Waals surface area contributed by atoms with Crippen LogP contribution < -0.4 is 10.2 Å². The van der Waals surface area contributed by atoms with Gasteiger partial charge in [-0.05, 0) is 44.5 Å². The van der Waals surface area contributed by atoms with Crippen molar-refractivity contribution < 1.29 is 4.79 Å². The molecule has 3 aromatic rings. The molecule has 2 N–H and O–H groups in total. The molecular formula is C24H33N5OS. The molecule has 3 heterocycles. The Hall–Kier alpha value is -2.38. The number of aromatic amines is 1. The predicted molar refractivity (Wildman–Crippen MR) is 129 cm³/mol. The molecule has 1 unspecified atom stereocenters. The van der Waals surface area contributed by atoms with E-state index in [9.17, 15) is 4.79 Å². The molecule has 166 valence electrons. The SMILES string of the molecule is CCCCC(Cc1c[nH]c2ccc(C)cc12)NC(=O)c1cnc(N2CCN(C)CC2)s1. The lowest BCUT2D eigenvalue weighted by Crippen LogP contribution is -2.44. The monoisotopic (exact) mass is 439 g/mol. The number of carbonyl (C=O) groups excluding carboxylic acids is 1. The van der Waals surface area contributed by atoms with Gasteiger partial charge in [0.1, 0.15) is 4.88 Å². The fourth-order valence-corrected chi connectivity index (χ4v) is 5.04. The summed E-state index contributed by atoms with van der Waals surface area (Å²) in [6.07, 6.45) is 7.85. The lowest BCUT2D eigenvalue weighted by molar-refractivity contribution is 0.0938. The van der Waals surface area contributed by atoms with Gasteiger partial charge in [0, 0.05) is 49.3 Å². The first-order valence-corrected chi connectivity index (χ1v) is 12.1. The Morgan fingerprint density at radius 1 is 1.29 bits per heavy atom. The molecule has 0 spiro atoms. The fourth-order valence-electron chi connectivity index (χ4n) is 4.17. The zero-order valence-corrected chi connectivity index (χ0v) is 19.6. The summed E-state index contributed by atoms with van der Waals surface area (Å²) in [5.74, 6) is -0.00463. The van der Waals surface area contributed by atoms with Crippen LogP contribution in [0.15, 0.2) is 30.6 Å². The summed E-state index contributed by atoms with van der Waals surface area (Å²) in [5, 5.41) is 5.51. The van der Waals surface area contributed by atoms with Crippen LogP contribution in [0.5, 0.6) is 0 Å². The molecular weight excluding hydrogens is 406 g/mol. The summed E-state index contributed by atoms with van der Waals surface area (Å²) in [7, 11) is 2.14. The number of amides is 1. The molecule has 1 fully saturated rings. The minimum absolute atomic E-state index is 0.00463. The van der Waals surface area contributed by atoms with E-state index in [1.807, 2.05) is 0 Å². The van der Waals surface area contributed by atoms with Crippen molar-refractivity contribution in [3.8, 4) is 0 Å². The predicted octanol–water partition coefficient (Wildman–Crippen LogP) is 4.22. The van der Waals surface area contributed by atoms with Crippen LogP contribution in [0.3, 0.4) is 0 Å². The second-order valence-electron chi connectivity index (χ2n) is 8.68. The zero-order valence-electron chi connectivity index (χ0n) is 18.8. The molecule has 0 radical (unpaired) electrons. The molecule has 1 atom stereocenters. The van der Waals surface area contributed by atoms with Crippen molar-refractivity contribution in [1.82, 2.24) is 20.2 Å². The molecule has 2 aromatic heterocycles. The van der Waals surface area contributed by atoms with E-state index in [-0.39, 0.29) is 11.9 Å². The molecule has 0 aliphatic carbocycles. The van der Waals surface area contributed by atoms with Crippen molar-refractivity contribution in [3.63, 3.8) is 0 Å². The fraction of sp³-hybridized carbons (Fsp3) is 0.500. The van der Waals surface area contributed by atoms with Gasteiger partial charge in [-0.1, -0.05) is 42.7 Å². The summed E-state index contributed by atoms with van der Waals surface area (Å²) in [5.41, 5.74) is 3.67. The van der Waals surface area contributed by atoms with Gasteiger partial charge in [0.25, 0.3) is 5.91 Å². The number of fused-ring (bicyclic) bond motifs is 1. The number of carbonyl (C=O) groups is 1. The van der Waals surface area contributed by atoms with Gasteiger partial charge >= 0.3 is 0 Å². The van der Waals surface area contributed by atoms with Crippen molar-refractivity contribution in [2.24, 2.45) is 0 Å². The smallest absolute Gasteiger partial charge is 0.263 e. The van der Waals surface area contributed by atoms with Crippen LogP contribution >= 0.6 is 11.3 Å². The molecule has 4 rings (SSSR count). The standard InChI is InChI=1S/C24H33N5OS/c1-4-5-6-19(14-18-15-25-21-8-7-17(2)13-20(18)21)27-23(30)22-16-26-24(31-22)29-11-9-28(3)10-12-29/h7-8,13,15-16,19,25H,4-6,9-12,14H2,1-3H3,(H,27,30). The molecule has 1 saturated heterocycles. The number of piperazine rings is 1. The number of rotatable bonds is 8. The highest BCUT2D eigenvalue weighted by Crippen LogP contribution is 2.25. The molecule has 1 aliphatic rings. The number of unbranched alkanes of at least 4 members (excludes halogenated alkanes) is 1. The Morgan fingerprint density at radius 2 is 2.10 bits per heavy atom. The van der Waals surface area contributed by atoms with Gasteiger partial charge in [0.2, 0.25) is 0 Å². The summed E-state index contributed by atoms with van der Waals surface area (Å²) < 4.78 is 0. The van der Waals surface area contributed by atoms with E-state index in [0.29, 0.717) is 4.88 Å². The first-order valence-electron chi connectivity index (χ1n) is 11.3. The number of anilines is 1. The summed E-state index contributed by atoms with van der Waals surface area (Å²) >= 11 is 1.51. The van der Waals surface area contributed by atoms with Crippen LogP contribution in [-0.4, -0.2) is 60.0 Å². The van der Waals surface area contributed by atoms with Crippen molar-refractivity contribution in [2.75, 3.05) is 38.1 Å². The molecule has 1 aromatic carbocycles. The number of nitrogens with one attached hydrogen (secondary N) is 2. The minimum atomic E-state index is -0.00463. The maximum Gasteiger partial charge on any atom is 0.263 e. The van der Waals surface area contributed by atoms with Crippen molar-refractivity contribution in [1.29, 1.82) is 0 Å². The van der Waals surface area contributed by atoms with Gasteiger partial charge in [0.15, 0.2) is 5.13 Å². The van der Waals surface area contributed by atoms with E-state index < -0.39 is 0 Å². The van der Waals surface area contributed by atoms with Crippen LogP contribution in [0.4, 0.5) is 5.13 Å². The lowest BCUT2D eigenvalue weighted by Gasteiger charge is -2.32. The van der Waals surface area contributed by atoms with Crippen LogP contribution in [0.2, 0.25) is 0 Å². The van der Waals surface area contributed by atoms with Gasteiger partial charge in [-0.3, -0.25) is 4.79 Å². The van der Waals surface area contributed by atoms with Crippen molar-refractivity contribution in [3.05, 3.63) is 46.6 Å². The average Bonchev–Trinajstić information content (AvgIpc) is 3.40. The molecule has 1 aliphatic heterocycles. The maximum absolute atomic E-state index is 13.0. The zero-order chi connectivity index (χ0) is 21.8.